The minimum Gasteiger partial charge on any atom is -0.399 e. The van der Waals surface area contributed by atoms with E-state index in [1.54, 1.807) is 0 Å². The van der Waals surface area contributed by atoms with Crippen LogP contribution in [0.15, 0.2) is 23.7 Å². The van der Waals surface area contributed by atoms with E-state index in [9.17, 15) is 13.2 Å². The summed E-state index contributed by atoms with van der Waals surface area (Å²) in [5.41, 5.74) is -0.954. The molecule has 0 aliphatic heterocycles. The number of rotatable bonds is 6. The average Bonchev–Trinajstić information content (AvgIpc) is 2.89. The van der Waals surface area contributed by atoms with Crippen LogP contribution >= 0.6 is 11.6 Å². The number of imidazole rings is 1. The zero-order valence-corrected chi connectivity index (χ0v) is 12.8. The van der Waals surface area contributed by atoms with E-state index >= 15 is 0 Å². The first-order valence-corrected chi connectivity index (χ1v) is 6.92. The van der Waals surface area contributed by atoms with E-state index in [0.717, 1.165) is 6.20 Å². The molecule has 2 aromatic heterocycles. The van der Waals surface area contributed by atoms with Crippen LogP contribution in [0.2, 0.25) is 5.02 Å². The Morgan fingerprint density at radius 3 is 2.65 bits per heavy atom. The maximum absolute atomic E-state index is 12.8. The average molecular weight is 348 g/mol. The van der Waals surface area contributed by atoms with Crippen molar-refractivity contribution < 1.29 is 18.0 Å². The fourth-order valence-electron chi connectivity index (χ4n) is 1.82. The Kier molecular flexibility index (Phi) is 5.54. The van der Waals surface area contributed by atoms with Crippen LogP contribution in [-0.4, -0.2) is 32.8 Å². The third-order valence-electron chi connectivity index (χ3n) is 2.81. The second-order valence-corrected chi connectivity index (χ2v) is 4.93. The number of alkyl halides is 3. The smallest absolute Gasteiger partial charge is 0.399 e. The highest BCUT2D eigenvalue weighted by molar-refractivity contribution is 6.30. The number of hydrogen-bond acceptors (Lipinski definition) is 5. The fraction of sp³-hybridized carbons (Fsp3) is 0.385. The predicted octanol–water partition coefficient (Wildman–Crippen LogP) is 2.96. The zero-order chi connectivity index (χ0) is 16.9. The molecule has 0 bridgehead atoms. The number of oxime groups is 1. The maximum atomic E-state index is 12.8. The van der Waals surface area contributed by atoms with Crippen molar-refractivity contribution >= 4 is 17.8 Å². The van der Waals surface area contributed by atoms with Gasteiger partial charge in [-0.05, 0) is 6.42 Å². The van der Waals surface area contributed by atoms with Gasteiger partial charge in [0.05, 0.1) is 11.6 Å². The molecular weight excluding hydrogens is 335 g/mol. The molecule has 0 saturated heterocycles. The van der Waals surface area contributed by atoms with E-state index < -0.39 is 11.9 Å². The summed E-state index contributed by atoms with van der Waals surface area (Å²) in [6.45, 7) is 0.0665. The van der Waals surface area contributed by atoms with Crippen LogP contribution in [0.4, 0.5) is 13.2 Å². The number of aromatic nitrogens is 4. The topological polar surface area (TPSA) is 65.2 Å². The summed E-state index contributed by atoms with van der Waals surface area (Å²) in [6, 6.07) is 0. The number of hydrogen-bond donors (Lipinski definition) is 0. The lowest BCUT2D eigenvalue weighted by molar-refractivity contribution is -0.141. The van der Waals surface area contributed by atoms with Crippen LogP contribution in [0.5, 0.6) is 0 Å². The fourth-order valence-corrected chi connectivity index (χ4v) is 1.92. The van der Waals surface area contributed by atoms with Crippen molar-refractivity contribution in [3.63, 3.8) is 0 Å². The van der Waals surface area contributed by atoms with Gasteiger partial charge in [-0.25, -0.2) is 15.0 Å². The molecule has 0 spiro atoms. The monoisotopic (exact) mass is 347 g/mol. The van der Waals surface area contributed by atoms with Crippen molar-refractivity contribution in [2.75, 3.05) is 7.11 Å². The predicted molar refractivity (Wildman–Crippen MR) is 77.2 cm³/mol. The Morgan fingerprint density at radius 2 is 2.04 bits per heavy atom. The van der Waals surface area contributed by atoms with Crippen molar-refractivity contribution in [3.05, 3.63) is 41.0 Å². The lowest BCUT2D eigenvalue weighted by atomic mass is 10.3. The van der Waals surface area contributed by atoms with Crippen LogP contribution in [0.1, 0.15) is 23.8 Å². The number of aryl methyl sites for hydroxylation is 1. The minimum absolute atomic E-state index is 0.0665. The maximum Gasteiger partial charge on any atom is 0.434 e. The summed E-state index contributed by atoms with van der Waals surface area (Å²) in [5.74, 6) is 0.603. The first-order chi connectivity index (χ1) is 10.9. The quantitative estimate of drug-likeness (QED) is 0.595. The number of nitrogens with zero attached hydrogens (tertiary/aromatic N) is 5. The van der Waals surface area contributed by atoms with E-state index in [0.29, 0.717) is 17.3 Å². The molecule has 124 valence electrons. The number of halogens is 4. The summed E-state index contributed by atoms with van der Waals surface area (Å²) < 4.78 is 39.9. The first kappa shape index (κ1) is 17.2. The molecule has 6 nitrogen and oxygen atoms in total. The summed E-state index contributed by atoms with van der Waals surface area (Å²) in [4.78, 5) is 16.1. The Balaban J connectivity index is 2.22. The Hall–Kier alpha value is -2.16. The van der Waals surface area contributed by atoms with Gasteiger partial charge in [0.1, 0.15) is 18.8 Å². The minimum atomic E-state index is -4.51. The van der Waals surface area contributed by atoms with Crippen molar-refractivity contribution in [1.82, 2.24) is 19.5 Å². The lowest BCUT2D eigenvalue weighted by Crippen LogP contribution is -2.07. The van der Waals surface area contributed by atoms with Crippen LogP contribution in [0.25, 0.3) is 0 Å². The van der Waals surface area contributed by atoms with Crippen LogP contribution < -0.4 is 0 Å². The van der Waals surface area contributed by atoms with E-state index in [1.807, 2.05) is 0 Å². The first-order valence-electron chi connectivity index (χ1n) is 6.55. The van der Waals surface area contributed by atoms with Gasteiger partial charge in [-0.15, -0.1) is 0 Å². The second kappa shape index (κ2) is 7.40. The summed E-state index contributed by atoms with van der Waals surface area (Å²) in [5, 5.41) is 3.90. The molecule has 0 aliphatic rings. The Bertz CT molecular complexity index is 669. The third-order valence-corrected chi connectivity index (χ3v) is 3.01. The van der Waals surface area contributed by atoms with E-state index in [4.69, 9.17) is 11.6 Å². The Morgan fingerprint density at radius 1 is 1.35 bits per heavy atom. The van der Waals surface area contributed by atoms with Gasteiger partial charge in [0.25, 0.3) is 0 Å². The molecular formula is C13H13ClF3N5O. The molecule has 0 aliphatic carbocycles. The zero-order valence-electron chi connectivity index (χ0n) is 12.1. The summed E-state index contributed by atoms with van der Waals surface area (Å²) >= 11 is 5.69. The van der Waals surface area contributed by atoms with Crippen LogP contribution in [-0.2, 0) is 24.0 Å². The molecule has 0 amide bonds. The van der Waals surface area contributed by atoms with E-state index in [1.165, 1.54) is 30.3 Å². The van der Waals surface area contributed by atoms with Gasteiger partial charge in [-0.2, -0.15) is 13.2 Å². The standard InChI is InChI=1S/C13H13ClF3N5O/c1-23-20-4-2-3-12-21-10(13(15,16)17)7-22(12)8-11-18-5-9(14)6-19-11/h4-7H,2-3,8H2,1H3. The SMILES string of the molecule is CON=CCCc1nc(C(F)(F)F)cn1Cc1ncc(Cl)cn1. The second-order valence-electron chi connectivity index (χ2n) is 4.49. The Labute approximate surface area is 135 Å². The highest BCUT2D eigenvalue weighted by Gasteiger charge is 2.34. The van der Waals surface area contributed by atoms with Crippen molar-refractivity contribution in [3.8, 4) is 0 Å². The molecule has 0 aromatic carbocycles. The van der Waals surface area contributed by atoms with Crippen molar-refractivity contribution in [2.45, 2.75) is 25.6 Å². The van der Waals surface area contributed by atoms with Crippen molar-refractivity contribution in [1.29, 1.82) is 0 Å². The van der Waals surface area contributed by atoms with E-state index in [-0.39, 0.29) is 18.8 Å². The molecule has 0 fully saturated rings. The molecule has 0 unspecified atom stereocenters. The van der Waals surface area contributed by atoms with Gasteiger partial charge in [0, 0.05) is 31.2 Å². The van der Waals surface area contributed by atoms with E-state index in [2.05, 4.69) is 24.9 Å². The molecule has 0 saturated carbocycles. The van der Waals surface area contributed by atoms with Gasteiger partial charge in [-0.1, -0.05) is 16.8 Å². The molecule has 2 heterocycles. The molecule has 0 atom stereocenters. The molecule has 23 heavy (non-hydrogen) atoms. The van der Waals surface area contributed by atoms with Gasteiger partial charge in [0.2, 0.25) is 0 Å². The van der Waals surface area contributed by atoms with Crippen molar-refractivity contribution in [2.24, 2.45) is 5.16 Å². The normalized spacial score (nSPS) is 12.0. The van der Waals surface area contributed by atoms with Gasteiger partial charge >= 0.3 is 6.18 Å². The molecule has 2 aromatic rings. The molecule has 0 radical (unpaired) electrons. The van der Waals surface area contributed by atoms with Gasteiger partial charge < -0.3 is 9.40 Å². The van der Waals surface area contributed by atoms with Crippen LogP contribution in [0, 0.1) is 0 Å². The van der Waals surface area contributed by atoms with Gasteiger partial charge in [-0.3, -0.25) is 0 Å². The van der Waals surface area contributed by atoms with Crippen LogP contribution in [0.3, 0.4) is 0 Å². The highest BCUT2D eigenvalue weighted by atomic mass is 35.5. The third kappa shape index (κ3) is 4.92. The summed E-state index contributed by atoms with van der Waals surface area (Å²) in [6.07, 6.45) is 1.33. The summed E-state index contributed by atoms with van der Waals surface area (Å²) in [7, 11) is 1.39. The molecule has 10 heteroatoms. The molecule has 0 N–H and O–H groups in total. The highest BCUT2D eigenvalue weighted by Crippen LogP contribution is 2.28. The largest absolute Gasteiger partial charge is 0.434 e. The lowest BCUT2D eigenvalue weighted by Gasteiger charge is -2.05. The van der Waals surface area contributed by atoms with Gasteiger partial charge in [0.15, 0.2) is 5.69 Å². The molecule has 2 rings (SSSR count).